The van der Waals surface area contributed by atoms with Gasteiger partial charge in [-0.3, -0.25) is 4.68 Å². The molecule has 1 heterocycles. The SMILES string of the molecule is COc1ccc(CCN(C)CCCOC(C)(c2ccnn2C)C2CCCCC2)cc1. The molecule has 0 radical (unpaired) electrons. The highest BCUT2D eigenvalue weighted by Crippen LogP contribution is 2.41. The maximum absolute atomic E-state index is 6.63. The second-order valence-corrected chi connectivity index (χ2v) is 8.89. The van der Waals surface area contributed by atoms with E-state index >= 15 is 0 Å². The predicted octanol–water partition coefficient (Wildman–Crippen LogP) is 4.81. The number of ether oxygens (including phenoxy) is 2. The molecule has 2 aromatic rings. The van der Waals surface area contributed by atoms with E-state index in [-0.39, 0.29) is 5.60 Å². The zero-order chi connectivity index (χ0) is 21.4. The largest absolute Gasteiger partial charge is 0.497 e. The molecule has 1 atom stereocenters. The Kier molecular flexibility index (Phi) is 8.34. The molecule has 3 rings (SSSR count). The van der Waals surface area contributed by atoms with Crippen molar-refractivity contribution in [3.63, 3.8) is 0 Å². The van der Waals surface area contributed by atoms with E-state index in [0.29, 0.717) is 5.92 Å². The Balaban J connectivity index is 1.47. The van der Waals surface area contributed by atoms with Gasteiger partial charge in [0.2, 0.25) is 0 Å². The van der Waals surface area contributed by atoms with Gasteiger partial charge in [0.05, 0.1) is 12.8 Å². The summed E-state index contributed by atoms with van der Waals surface area (Å²) in [7, 11) is 5.94. The van der Waals surface area contributed by atoms with Crippen LogP contribution in [0.15, 0.2) is 36.5 Å². The Hall–Kier alpha value is -1.85. The summed E-state index contributed by atoms with van der Waals surface area (Å²) in [4.78, 5) is 2.40. The van der Waals surface area contributed by atoms with Gasteiger partial charge < -0.3 is 14.4 Å². The Bertz CT molecular complexity index is 752. The third-order valence-corrected chi connectivity index (χ3v) is 6.74. The summed E-state index contributed by atoms with van der Waals surface area (Å²) in [6.45, 7) is 5.16. The van der Waals surface area contributed by atoms with Gasteiger partial charge >= 0.3 is 0 Å². The number of nitrogens with zero attached hydrogens (tertiary/aromatic N) is 3. The van der Waals surface area contributed by atoms with E-state index in [2.05, 4.69) is 42.2 Å². The van der Waals surface area contributed by atoms with Crippen LogP contribution in [0.4, 0.5) is 0 Å². The maximum atomic E-state index is 6.63. The molecule has 166 valence electrons. The molecule has 1 aliphatic carbocycles. The van der Waals surface area contributed by atoms with Crippen molar-refractivity contribution in [2.24, 2.45) is 13.0 Å². The van der Waals surface area contributed by atoms with Crippen LogP contribution in [0.2, 0.25) is 0 Å². The zero-order valence-corrected chi connectivity index (χ0v) is 19.3. The molecule has 0 saturated heterocycles. The van der Waals surface area contributed by atoms with Crippen molar-refractivity contribution in [3.8, 4) is 5.75 Å². The van der Waals surface area contributed by atoms with Crippen molar-refractivity contribution in [1.82, 2.24) is 14.7 Å². The first kappa shape index (κ1) is 22.8. The Labute approximate surface area is 182 Å². The van der Waals surface area contributed by atoms with Gasteiger partial charge in [0.1, 0.15) is 11.4 Å². The molecule has 1 fully saturated rings. The number of hydrogen-bond donors (Lipinski definition) is 0. The fraction of sp³-hybridized carbons (Fsp3) is 0.640. The van der Waals surface area contributed by atoms with Crippen LogP contribution in [0.5, 0.6) is 5.75 Å². The summed E-state index contributed by atoms with van der Waals surface area (Å²) in [5.74, 6) is 1.49. The minimum absolute atomic E-state index is 0.243. The van der Waals surface area contributed by atoms with E-state index < -0.39 is 0 Å². The highest BCUT2D eigenvalue weighted by Gasteiger charge is 2.39. The topological polar surface area (TPSA) is 39.5 Å². The highest BCUT2D eigenvalue weighted by atomic mass is 16.5. The van der Waals surface area contributed by atoms with Crippen LogP contribution in [0.3, 0.4) is 0 Å². The molecule has 5 heteroatoms. The van der Waals surface area contributed by atoms with Gasteiger partial charge in [0.25, 0.3) is 0 Å². The van der Waals surface area contributed by atoms with Crippen molar-refractivity contribution >= 4 is 0 Å². The number of likely N-dealkylation sites (N-methyl/N-ethyl adjacent to an activating group) is 1. The van der Waals surface area contributed by atoms with Gasteiger partial charge in [-0.05, 0) is 69.3 Å². The molecular formula is C25H39N3O2. The maximum Gasteiger partial charge on any atom is 0.118 e. The second-order valence-electron chi connectivity index (χ2n) is 8.89. The molecule has 30 heavy (non-hydrogen) atoms. The number of benzene rings is 1. The standard InChI is InChI=1S/C25H39N3O2/c1-25(22-9-6-5-7-10-22,24-15-17-26-28(24)3)30-20-8-18-27(2)19-16-21-11-13-23(29-4)14-12-21/h11-15,17,22H,5-10,16,18-20H2,1-4H3. The molecule has 5 nitrogen and oxygen atoms in total. The molecule has 0 amide bonds. The fourth-order valence-corrected chi connectivity index (χ4v) is 4.76. The quantitative estimate of drug-likeness (QED) is 0.496. The smallest absolute Gasteiger partial charge is 0.118 e. The van der Waals surface area contributed by atoms with Crippen molar-refractivity contribution in [2.45, 2.75) is 57.5 Å². The normalized spacial score (nSPS) is 17.2. The summed E-state index contributed by atoms with van der Waals surface area (Å²) >= 11 is 0. The zero-order valence-electron chi connectivity index (χ0n) is 19.3. The van der Waals surface area contributed by atoms with E-state index in [0.717, 1.165) is 38.3 Å². The van der Waals surface area contributed by atoms with Crippen LogP contribution in [0.25, 0.3) is 0 Å². The molecule has 0 N–H and O–H groups in total. The van der Waals surface area contributed by atoms with Crippen molar-refractivity contribution in [2.75, 3.05) is 33.9 Å². The first-order chi connectivity index (χ1) is 14.5. The number of rotatable bonds is 11. The van der Waals surface area contributed by atoms with E-state index in [4.69, 9.17) is 9.47 Å². The monoisotopic (exact) mass is 413 g/mol. The van der Waals surface area contributed by atoms with Gasteiger partial charge in [0.15, 0.2) is 0 Å². The van der Waals surface area contributed by atoms with Crippen LogP contribution in [0.1, 0.15) is 56.7 Å². The fourth-order valence-electron chi connectivity index (χ4n) is 4.76. The molecule has 1 aromatic carbocycles. The lowest BCUT2D eigenvalue weighted by Gasteiger charge is -2.40. The number of hydrogen-bond acceptors (Lipinski definition) is 4. The van der Waals surface area contributed by atoms with Crippen molar-refractivity contribution in [3.05, 3.63) is 47.8 Å². The van der Waals surface area contributed by atoms with Gasteiger partial charge in [0, 0.05) is 32.9 Å². The minimum Gasteiger partial charge on any atom is -0.497 e. The Morgan fingerprint density at radius 3 is 2.47 bits per heavy atom. The molecule has 0 aliphatic heterocycles. The van der Waals surface area contributed by atoms with Crippen LogP contribution < -0.4 is 4.74 Å². The molecule has 1 unspecified atom stereocenters. The number of aromatic nitrogens is 2. The van der Waals surface area contributed by atoms with Crippen LogP contribution in [-0.2, 0) is 23.8 Å². The number of aryl methyl sites for hydroxylation is 1. The predicted molar refractivity (Wildman–Crippen MR) is 122 cm³/mol. The molecule has 0 spiro atoms. The lowest BCUT2D eigenvalue weighted by atomic mass is 9.76. The van der Waals surface area contributed by atoms with E-state index in [9.17, 15) is 0 Å². The van der Waals surface area contributed by atoms with E-state index in [1.165, 1.54) is 43.4 Å². The Morgan fingerprint density at radius 2 is 1.83 bits per heavy atom. The second kappa shape index (κ2) is 11.0. The molecular weight excluding hydrogens is 374 g/mol. The average molecular weight is 414 g/mol. The number of methoxy groups -OCH3 is 1. The molecule has 0 bridgehead atoms. The summed E-state index contributed by atoms with van der Waals surface area (Å²) in [6.07, 6.45) is 10.5. The van der Waals surface area contributed by atoms with Gasteiger partial charge in [-0.25, -0.2) is 0 Å². The summed E-state index contributed by atoms with van der Waals surface area (Å²) in [5.41, 5.74) is 2.31. The minimum atomic E-state index is -0.243. The lowest BCUT2D eigenvalue weighted by Crippen LogP contribution is -2.39. The first-order valence-corrected chi connectivity index (χ1v) is 11.5. The summed E-state index contributed by atoms with van der Waals surface area (Å²) < 4.78 is 13.9. The third-order valence-electron chi connectivity index (χ3n) is 6.74. The van der Waals surface area contributed by atoms with Crippen LogP contribution in [-0.4, -0.2) is 48.5 Å². The molecule has 1 aromatic heterocycles. The first-order valence-electron chi connectivity index (χ1n) is 11.5. The van der Waals surface area contributed by atoms with Gasteiger partial charge in [-0.15, -0.1) is 0 Å². The summed E-state index contributed by atoms with van der Waals surface area (Å²) in [6, 6.07) is 10.5. The highest BCUT2D eigenvalue weighted by molar-refractivity contribution is 5.27. The average Bonchev–Trinajstić information content (AvgIpc) is 3.22. The van der Waals surface area contributed by atoms with E-state index in [1.54, 1.807) is 7.11 Å². The van der Waals surface area contributed by atoms with Gasteiger partial charge in [-0.2, -0.15) is 5.10 Å². The van der Waals surface area contributed by atoms with Crippen LogP contribution >= 0.6 is 0 Å². The third kappa shape index (κ3) is 5.86. The Morgan fingerprint density at radius 1 is 1.10 bits per heavy atom. The van der Waals surface area contributed by atoms with E-state index in [1.807, 2.05) is 30.1 Å². The summed E-state index contributed by atoms with van der Waals surface area (Å²) in [5, 5.41) is 4.42. The molecule has 1 saturated carbocycles. The van der Waals surface area contributed by atoms with Crippen molar-refractivity contribution in [1.29, 1.82) is 0 Å². The van der Waals surface area contributed by atoms with Crippen molar-refractivity contribution < 1.29 is 9.47 Å². The van der Waals surface area contributed by atoms with Crippen LogP contribution in [0, 0.1) is 5.92 Å². The lowest BCUT2D eigenvalue weighted by molar-refractivity contribution is -0.0964. The van der Waals surface area contributed by atoms with Gasteiger partial charge in [-0.1, -0.05) is 31.4 Å². The molecule has 1 aliphatic rings.